The molecule has 0 aromatic heterocycles. The van der Waals surface area contributed by atoms with Gasteiger partial charge in [0.05, 0.1) is 12.2 Å². The van der Waals surface area contributed by atoms with Gasteiger partial charge in [-0.1, -0.05) is 11.6 Å². The Morgan fingerprint density at radius 1 is 1.40 bits per heavy atom. The number of carbonyl (C=O) groups excluding carboxylic acids is 2. The van der Waals surface area contributed by atoms with E-state index in [1.54, 1.807) is 0 Å². The number of carbonyl (C=O) groups is 2. The SMILES string of the molecule is COCCNC(=O)C(C)OC(=O)c1cc(N)cc(Cl)c1. The number of rotatable bonds is 6. The molecule has 6 nitrogen and oxygen atoms in total. The van der Waals surface area contributed by atoms with Crippen LogP contribution in [-0.4, -0.2) is 38.2 Å². The first-order valence-electron chi connectivity index (χ1n) is 5.97. The van der Waals surface area contributed by atoms with Crippen molar-refractivity contribution in [2.75, 3.05) is 26.0 Å². The molecule has 0 aliphatic heterocycles. The summed E-state index contributed by atoms with van der Waals surface area (Å²) < 4.78 is 9.83. The maximum absolute atomic E-state index is 11.9. The largest absolute Gasteiger partial charge is 0.449 e. The molecule has 1 amide bonds. The van der Waals surface area contributed by atoms with Crippen molar-refractivity contribution in [1.29, 1.82) is 0 Å². The van der Waals surface area contributed by atoms with E-state index in [0.29, 0.717) is 23.9 Å². The molecule has 1 rings (SSSR count). The van der Waals surface area contributed by atoms with Crippen molar-refractivity contribution in [3.8, 4) is 0 Å². The zero-order valence-corrected chi connectivity index (χ0v) is 12.1. The lowest BCUT2D eigenvalue weighted by molar-refractivity contribution is -0.129. The molecule has 110 valence electrons. The first-order chi connectivity index (χ1) is 9.43. The van der Waals surface area contributed by atoms with Crippen molar-refractivity contribution in [3.63, 3.8) is 0 Å². The number of nitrogens with one attached hydrogen (secondary N) is 1. The van der Waals surface area contributed by atoms with Crippen molar-refractivity contribution in [1.82, 2.24) is 5.32 Å². The molecule has 0 aliphatic rings. The van der Waals surface area contributed by atoms with Crippen LogP contribution in [0.4, 0.5) is 5.69 Å². The molecule has 20 heavy (non-hydrogen) atoms. The molecule has 0 saturated heterocycles. The number of amides is 1. The van der Waals surface area contributed by atoms with Gasteiger partial charge >= 0.3 is 5.97 Å². The van der Waals surface area contributed by atoms with Gasteiger partial charge in [0.1, 0.15) is 0 Å². The van der Waals surface area contributed by atoms with Gasteiger partial charge < -0.3 is 20.5 Å². The number of hydrogen-bond donors (Lipinski definition) is 2. The van der Waals surface area contributed by atoms with Crippen LogP contribution in [0.1, 0.15) is 17.3 Å². The second-order valence-electron chi connectivity index (χ2n) is 4.10. The average Bonchev–Trinajstić information content (AvgIpc) is 2.37. The lowest BCUT2D eigenvalue weighted by Gasteiger charge is -2.13. The van der Waals surface area contributed by atoms with Gasteiger partial charge in [-0.15, -0.1) is 0 Å². The number of esters is 1. The molecular weight excluding hydrogens is 284 g/mol. The fourth-order valence-corrected chi connectivity index (χ4v) is 1.68. The van der Waals surface area contributed by atoms with Crippen molar-refractivity contribution in [3.05, 3.63) is 28.8 Å². The fourth-order valence-electron chi connectivity index (χ4n) is 1.43. The second kappa shape index (κ2) is 7.72. The fraction of sp³-hybridized carbons (Fsp3) is 0.385. The van der Waals surface area contributed by atoms with E-state index in [2.05, 4.69) is 5.32 Å². The first kappa shape index (κ1) is 16.3. The Bertz CT molecular complexity index is 473. The van der Waals surface area contributed by atoms with Crippen LogP contribution >= 0.6 is 11.6 Å². The summed E-state index contributed by atoms with van der Waals surface area (Å²) in [7, 11) is 1.53. The summed E-state index contributed by atoms with van der Waals surface area (Å²) >= 11 is 5.80. The molecule has 0 fully saturated rings. The molecule has 1 atom stereocenters. The lowest BCUT2D eigenvalue weighted by Crippen LogP contribution is -2.37. The van der Waals surface area contributed by atoms with Crippen LogP contribution in [0.5, 0.6) is 0 Å². The Morgan fingerprint density at radius 3 is 2.70 bits per heavy atom. The number of benzene rings is 1. The van der Waals surface area contributed by atoms with Gasteiger partial charge in [0.2, 0.25) is 0 Å². The van der Waals surface area contributed by atoms with Gasteiger partial charge in [0.15, 0.2) is 6.10 Å². The summed E-state index contributed by atoms with van der Waals surface area (Å²) in [5.74, 6) is -1.06. The Hall–Kier alpha value is -1.79. The number of ether oxygens (including phenoxy) is 2. The number of nitrogens with two attached hydrogens (primary N) is 1. The van der Waals surface area contributed by atoms with Crippen molar-refractivity contribution in [2.24, 2.45) is 0 Å². The van der Waals surface area contributed by atoms with Crippen LogP contribution in [-0.2, 0) is 14.3 Å². The predicted molar refractivity (Wildman–Crippen MR) is 75.6 cm³/mol. The summed E-state index contributed by atoms with van der Waals surface area (Å²) in [5, 5.41) is 2.90. The maximum Gasteiger partial charge on any atom is 0.339 e. The van der Waals surface area contributed by atoms with Crippen molar-refractivity contribution in [2.45, 2.75) is 13.0 Å². The lowest BCUT2D eigenvalue weighted by atomic mass is 10.2. The van der Waals surface area contributed by atoms with E-state index in [1.807, 2.05) is 0 Å². The van der Waals surface area contributed by atoms with Crippen LogP contribution in [0, 0.1) is 0 Å². The van der Waals surface area contributed by atoms with E-state index in [1.165, 1.54) is 32.2 Å². The third-order valence-corrected chi connectivity index (χ3v) is 2.63. The highest BCUT2D eigenvalue weighted by Gasteiger charge is 2.19. The molecule has 1 aromatic carbocycles. The predicted octanol–water partition coefficient (Wildman–Crippen LogP) is 1.23. The highest BCUT2D eigenvalue weighted by molar-refractivity contribution is 6.31. The van der Waals surface area contributed by atoms with Gasteiger partial charge in [-0.2, -0.15) is 0 Å². The topological polar surface area (TPSA) is 90.6 Å². The van der Waals surface area contributed by atoms with E-state index in [-0.39, 0.29) is 5.56 Å². The van der Waals surface area contributed by atoms with Crippen LogP contribution in [0.15, 0.2) is 18.2 Å². The van der Waals surface area contributed by atoms with Crippen molar-refractivity contribution < 1.29 is 19.1 Å². The quantitative estimate of drug-likeness (QED) is 0.468. The Kier molecular flexibility index (Phi) is 6.27. The normalized spacial score (nSPS) is 11.8. The third kappa shape index (κ3) is 5.07. The van der Waals surface area contributed by atoms with Gasteiger partial charge in [-0.25, -0.2) is 4.79 Å². The van der Waals surface area contributed by atoms with E-state index in [0.717, 1.165) is 0 Å². The molecule has 0 saturated carbocycles. The average molecular weight is 301 g/mol. The zero-order valence-electron chi connectivity index (χ0n) is 11.3. The summed E-state index contributed by atoms with van der Waals surface area (Å²) in [6.07, 6.45) is -0.917. The Morgan fingerprint density at radius 2 is 2.10 bits per heavy atom. The Balaban J connectivity index is 2.58. The molecule has 0 aliphatic carbocycles. The van der Waals surface area contributed by atoms with E-state index < -0.39 is 18.0 Å². The summed E-state index contributed by atoms with van der Waals surface area (Å²) in [5.41, 5.74) is 6.13. The number of hydrogen-bond acceptors (Lipinski definition) is 5. The first-order valence-corrected chi connectivity index (χ1v) is 6.35. The van der Waals surface area contributed by atoms with Crippen LogP contribution in [0.2, 0.25) is 5.02 Å². The minimum atomic E-state index is -0.917. The minimum Gasteiger partial charge on any atom is -0.449 e. The summed E-state index contributed by atoms with van der Waals surface area (Å²) in [6, 6.07) is 4.37. The minimum absolute atomic E-state index is 0.201. The van der Waals surface area contributed by atoms with Crippen LogP contribution < -0.4 is 11.1 Å². The van der Waals surface area contributed by atoms with E-state index >= 15 is 0 Å². The molecule has 3 N–H and O–H groups in total. The molecule has 0 heterocycles. The molecule has 0 spiro atoms. The summed E-state index contributed by atoms with van der Waals surface area (Å²) in [6.45, 7) is 2.21. The highest BCUT2D eigenvalue weighted by Crippen LogP contribution is 2.17. The molecule has 1 aromatic rings. The molecule has 0 radical (unpaired) electrons. The van der Waals surface area contributed by atoms with E-state index in [9.17, 15) is 9.59 Å². The van der Waals surface area contributed by atoms with Gasteiger partial charge in [-0.05, 0) is 25.1 Å². The summed E-state index contributed by atoms with van der Waals surface area (Å²) in [4.78, 5) is 23.5. The molecule has 1 unspecified atom stereocenters. The highest BCUT2D eigenvalue weighted by atomic mass is 35.5. The van der Waals surface area contributed by atoms with Gasteiger partial charge in [0, 0.05) is 24.4 Å². The second-order valence-corrected chi connectivity index (χ2v) is 4.54. The van der Waals surface area contributed by atoms with Crippen molar-refractivity contribution >= 4 is 29.2 Å². The van der Waals surface area contributed by atoms with Gasteiger partial charge in [-0.3, -0.25) is 4.79 Å². The monoisotopic (exact) mass is 300 g/mol. The van der Waals surface area contributed by atoms with Crippen LogP contribution in [0.3, 0.4) is 0 Å². The molecule has 0 bridgehead atoms. The number of methoxy groups -OCH3 is 1. The third-order valence-electron chi connectivity index (χ3n) is 2.41. The Labute approximate surface area is 122 Å². The number of nitrogen functional groups attached to an aromatic ring is 1. The molecular formula is C13H17ClN2O4. The van der Waals surface area contributed by atoms with E-state index in [4.69, 9.17) is 26.8 Å². The maximum atomic E-state index is 11.9. The number of halogens is 1. The number of anilines is 1. The smallest absolute Gasteiger partial charge is 0.339 e. The zero-order chi connectivity index (χ0) is 15.1. The standard InChI is InChI=1S/C13H17ClN2O4/c1-8(12(17)16-3-4-19-2)20-13(18)9-5-10(14)7-11(15)6-9/h5-8H,3-4,15H2,1-2H3,(H,16,17). The molecule has 7 heteroatoms. The van der Waals surface area contributed by atoms with Crippen LogP contribution in [0.25, 0.3) is 0 Å². The van der Waals surface area contributed by atoms with Gasteiger partial charge in [0.25, 0.3) is 5.91 Å².